The molecule has 0 aliphatic carbocycles. The maximum Gasteiger partial charge on any atom is 0.270 e. The van der Waals surface area contributed by atoms with E-state index in [0.717, 1.165) is 11.3 Å². The second kappa shape index (κ2) is 9.55. The second-order valence-electron chi connectivity index (χ2n) is 9.08. The van der Waals surface area contributed by atoms with Crippen molar-refractivity contribution in [3.05, 3.63) is 88.6 Å². The lowest BCUT2D eigenvalue weighted by atomic mass is 9.91. The number of nitro benzene ring substituents is 1. The summed E-state index contributed by atoms with van der Waals surface area (Å²) >= 11 is 1.05. The Kier molecular flexibility index (Phi) is 6.68. The molecule has 0 N–H and O–H groups in total. The largest absolute Gasteiger partial charge is 0.467 e. The van der Waals surface area contributed by atoms with Crippen molar-refractivity contribution in [2.75, 3.05) is 6.79 Å². The van der Waals surface area contributed by atoms with E-state index < -0.39 is 21.7 Å². The van der Waals surface area contributed by atoms with Crippen LogP contribution in [0.3, 0.4) is 0 Å². The van der Waals surface area contributed by atoms with Gasteiger partial charge in [0.2, 0.25) is 0 Å². The van der Waals surface area contributed by atoms with Gasteiger partial charge in [-0.2, -0.15) is 0 Å². The maximum atomic E-state index is 14.2. The van der Waals surface area contributed by atoms with Crippen LogP contribution in [0.5, 0.6) is 5.75 Å². The summed E-state index contributed by atoms with van der Waals surface area (Å²) in [7, 11) is 0. The van der Waals surface area contributed by atoms with Crippen LogP contribution in [0.4, 0.5) is 10.1 Å². The summed E-state index contributed by atoms with van der Waals surface area (Å²) in [5.41, 5.74) is -0.152. The Balaban J connectivity index is 1.93. The first-order valence-electron chi connectivity index (χ1n) is 10.8. The van der Waals surface area contributed by atoms with E-state index in [0.29, 0.717) is 21.5 Å². The number of thiazole rings is 1. The molecule has 2 aromatic carbocycles. The standard InChI is InChI=1S/C25H23FN2O6S/c1-25(2,3)21(29)11-22-27(24(30)20(35-22)10-15-6-4-5-7-19(15)26)12-16-8-18(28(31)32)9-17-13-33-14-34-23(16)17/h4-11H,12-14H2,1-3H3. The molecule has 10 heteroatoms. The van der Waals surface area contributed by atoms with Crippen LogP contribution in [0.25, 0.3) is 12.2 Å². The summed E-state index contributed by atoms with van der Waals surface area (Å²) in [5.74, 6) is -0.271. The number of fused-ring (bicyclic) bond motifs is 1. The zero-order valence-electron chi connectivity index (χ0n) is 19.4. The highest BCUT2D eigenvalue weighted by atomic mass is 32.1. The van der Waals surface area contributed by atoms with Gasteiger partial charge in [-0.15, -0.1) is 11.3 Å². The number of nitro groups is 1. The van der Waals surface area contributed by atoms with Gasteiger partial charge in [-0.05, 0) is 12.1 Å². The number of halogens is 1. The predicted molar refractivity (Wildman–Crippen MR) is 129 cm³/mol. The monoisotopic (exact) mass is 498 g/mol. The number of nitrogens with zero attached hydrogens (tertiary/aromatic N) is 2. The molecule has 0 unspecified atom stereocenters. The van der Waals surface area contributed by atoms with E-state index in [1.807, 2.05) is 0 Å². The molecule has 8 nitrogen and oxygen atoms in total. The lowest BCUT2D eigenvalue weighted by Crippen LogP contribution is -2.33. The van der Waals surface area contributed by atoms with E-state index in [2.05, 4.69) is 0 Å². The normalized spacial score (nSPS) is 14.5. The number of rotatable bonds is 5. The summed E-state index contributed by atoms with van der Waals surface area (Å²) in [6.07, 6.45) is 2.82. The minimum Gasteiger partial charge on any atom is -0.467 e. The zero-order valence-corrected chi connectivity index (χ0v) is 20.2. The molecule has 0 fully saturated rings. The van der Waals surface area contributed by atoms with Crippen molar-refractivity contribution in [3.63, 3.8) is 0 Å². The number of Topliss-reactive ketones (excluding diaryl/α,β-unsaturated/α-hetero) is 1. The highest BCUT2D eigenvalue weighted by Crippen LogP contribution is 2.32. The molecule has 0 radical (unpaired) electrons. The van der Waals surface area contributed by atoms with Crippen molar-refractivity contribution < 1.29 is 23.6 Å². The molecular formula is C25H23FN2O6S. The molecule has 2 heterocycles. The lowest BCUT2D eigenvalue weighted by molar-refractivity contribution is -0.385. The molecule has 0 bridgehead atoms. The van der Waals surface area contributed by atoms with E-state index in [1.54, 1.807) is 39.0 Å². The van der Waals surface area contributed by atoms with E-state index in [-0.39, 0.29) is 41.5 Å². The van der Waals surface area contributed by atoms with Crippen molar-refractivity contribution in [2.45, 2.75) is 33.9 Å². The van der Waals surface area contributed by atoms with Crippen molar-refractivity contribution in [3.8, 4) is 5.75 Å². The summed E-state index contributed by atoms with van der Waals surface area (Å²) in [6, 6.07) is 8.78. The summed E-state index contributed by atoms with van der Waals surface area (Å²) < 4.78 is 27.0. The van der Waals surface area contributed by atoms with Gasteiger partial charge in [0, 0.05) is 40.3 Å². The average Bonchev–Trinajstić information content (AvgIpc) is 3.08. The molecule has 1 aliphatic rings. The van der Waals surface area contributed by atoms with Crippen molar-refractivity contribution >= 4 is 35.0 Å². The van der Waals surface area contributed by atoms with E-state index in [9.17, 15) is 24.1 Å². The van der Waals surface area contributed by atoms with Gasteiger partial charge in [0.1, 0.15) is 16.2 Å². The minimum atomic E-state index is -0.689. The molecular weight excluding hydrogens is 475 g/mol. The Labute approximate surface area is 203 Å². The molecule has 1 aromatic heterocycles. The Bertz CT molecular complexity index is 1500. The quantitative estimate of drug-likeness (QED) is 0.396. The maximum absolute atomic E-state index is 14.2. The van der Waals surface area contributed by atoms with E-state index >= 15 is 0 Å². The molecule has 3 aromatic rings. The van der Waals surface area contributed by atoms with Crippen LogP contribution in [-0.2, 0) is 22.7 Å². The fourth-order valence-corrected chi connectivity index (χ4v) is 4.56. The average molecular weight is 499 g/mol. The molecule has 0 saturated heterocycles. The third-order valence-electron chi connectivity index (χ3n) is 5.43. The van der Waals surface area contributed by atoms with E-state index in [1.165, 1.54) is 34.9 Å². The summed E-state index contributed by atoms with van der Waals surface area (Å²) in [4.78, 5) is 37.2. The first-order chi connectivity index (χ1) is 16.5. The van der Waals surface area contributed by atoms with Crippen molar-refractivity contribution in [1.82, 2.24) is 4.57 Å². The topological polar surface area (TPSA) is 101 Å². The van der Waals surface area contributed by atoms with Gasteiger partial charge < -0.3 is 9.47 Å². The van der Waals surface area contributed by atoms with Gasteiger partial charge in [0.15, 0.2) is 12.6 Å². The van der Waals surface area contributed by atoms with Gasteiger partial charge in [0.05, 0.1) is 22.6 Å². The number of benzene rings is 2. The first-order valence-corrected chi connectivity index (χ1v) is 11.6. The third kappa shape index (κ3) is 5.23. The number of ether oxygens (including phenoxy) is 2. The number of carbonyl (C=O) groups excluding carboxylic acids is 1. The lowest BCUT2D eigenvalue weighted by Gasteiger charge is -2.20. The van der Waals surface area contributed by atoms with Gasteiger partial charge in [-0.25, -0.2) is 4.39 Å². The fraction of sp³-hybridized carbons (Fsp3) is 0.280. The molecule has 1 aliphatic heterocycles. The van der Waals surface area contributed by atoms with Crippen LogP contribution in [0, 0.1) is 21.3 Å². The second-order valence-corrected chi connectivity index (χ2v) is 10.1. The Hall–Kier alpha value is -3.63. The van der Waals surface area contributed by atoms with Crippen LogP contribution < -0.4 is 19.5 Å². The first kappa shape index (κ1) is 24.5. The third-order valence-corrected chi connectivity index (χ3v) is 6.49. The zero-order chi connectivity index (χ0) is 25.3. The summed E-state index contributed by atoms with van der Waals surface area (Å²) in [6.45, 7) is 5.32. The van der Waals surface area contributed by atoms with Crippen LogP contribution in [-0.4, -0.2) is 22.1 Å². The predicted octanol–water partition coefficient (Wildman–Crippen LogP) is 3.10. The van der Waals surface area contributed by atoms with Gasteiger partial charge in [-0.1, -0.05) is 39.0 Å². The van der Waals surface area contributed by atoms with Crippen LogP contribution in [0.2, 0.25) is 0 Å². The smallest absolute Gasteiger partial charge is 0.270 e. The van der Waals surface area contributed by atoms with E-state index in [4.69, 9.17) is 9.47 Å². The highest BCUT2D eigenvalue weighted by Gasteiger charge is 2.23. The van der Waals surface area contributed by atoms with Crippen LogP contribution >= 0.6 is 11.3 Å². The Morgan fingerprint density at radius 1 is 1.29 bits per heavy atom. The van der Waals surface area contributed by atoms with Gasteiger partial charge in [-0.3, -0.25) is 24.3 Å². The van der Waals surface area contributed by atoms with Crippen molar-refractivity contribution in [1.29, 1.82) is 0 Å². The van der Waals surface area contributed by atoms with Crippen LogP contribution in [0.1, 0.15) is 37.5 Å². The van der Waals surface area contributed by atoms with Crippen LogP contribution in [0.15, 0.2) is 41.2 Å². The highest BCUT2D eigenvalue weighted by molar-refractivity contribution is 7.07. The number of hydrogen-bond acceptors (Lipinski definition) is 7. The number of aromatic nitrogens is 1. The molecule has 0 amide bonds. The number of non-ortho nitro benzene ring substituents is 1. The molecule has 35 heavy (non-hydrogen) atoms. The summed E-state index contributed by atoms with van der Waals surface area (Å²) in [5, 5.41) is 11.5. The Morgan fingerprint density at radius 2 is 2.03 bits per heavy atom. The fourth-order valence-electron chi connectivity index (χ4n) is 3.53. The SMILES string of the molecule is CC(C)(C)C(=O)C=c1sc(=Cc2ccccc2F)c(=O)n1Cc1cc([N+](=O)[O-])cc2c1OCOC2. The molecule has 182 valence electrons. The molecule has 4 rings (SSSR count). The van der Waals surface area contributed by atoms with Gasteiger partial charge >= 0.3 is 0 Å². The van der Waals surface area contributed by atoms with Gasteiger partial charge in [0.25, 0.3) is 11.2 Å². The molecule has 0 spiro atoms. The number of ketones is 1. The molecule has 0 saturated carbocycles. The molecule has 0 atom stereocenters. The number of carbonyl (C=O) groups is 1. The Morgan fingerprint density at radius 3 is 2.71 bits per heavy atom. The minimum absolute atomic E-state index is 0.0237. The van der Waals surface area contributed by atoms with Crippen molar-refractivity contribution in [2.24, 2.45) is 5.41 Å². The number of hydrogen-bond donors (Lipinski definition) is 0.